The van der Waals surface area contributed by atoms with E-state index in [9.17, 15) is 9.59 Å². The molecule has 0 spiro atoms. The van der Waals surface area contributed by atoms with Gasteiger partial charge in [-0.05, 0) is 44.6 Å². The van der Waals surface area contributed by atoms with E-state index in [1.807, 2.05) is 61.6 Å². The average molecular weight is 429 g/mol. The number of carbonyl (C=O) groups excluding carboxylic acids is 1. The SMILES string of the molecule is COCCn1c(C(C)N(CCN(C)C)C(=O)c2cccs2)nc2ccccc2c1=O. The molecule has 1 atom stereocenters. The minimum atomic E-state index is -0.381. The molecule has 0 fully saturated rings. The van der Waals surface area contributed by atoms with Crippen molar-refractivity contribution in [2.24, 2.45) is 0 Å². The molecule has 0 radical (unpaired) electrons. The monoisotopic (exact) mass is 428 g/mol. The highest BCUT2D eigenvalue weighted by molar-refractivity contribution is 7.12. The summed E-state index contributed by atoms with van der Waals surface area (Å²) in [6, 6.07) is 10.6. The zero-order valence-electron chi connectivity index (χ0n) is 17.9. The first-order valence-electron chi connectivity index (χ1n) is 9.91. The largest absolute Gasteiger partial charge is 0.383 e. The topological polar surface area (TPSA) is 67.7 Å². The number of fused-ring (bicyclic) bond motifs is 1. The van der Waals surface area contributed by atoms with Gasteiger partial charge in [0.15, 0.2) is 0 Å². The summed E-state index contributed by atoms with van der Waals surface area (Å²) in [5, 5.41) is 2.46. The third kappa shape index (κ3) is 4.77. The summed E-state index contributed by atoms with van der Waals surface area (Å²) in [6.45, 7) is 3.92. The number of nitrogens with zero attached hydrogens (tertiary/aromatic N) is 4. The maximum atomic E-state index is 13.3. The van der Waals surface area contributed by atoms with E-state index in [-0.39, 0.29) is 17.5 Å². The van der Waals surface area contributed by atoms with Gasteiger partial charge >= 0.3 is 0 Å². The van der Waals surface area contributed by atoms with Crippen LogP contribution in [0.5, 0.6) is 0 Å². The van der Waals surface area contributed by atoms with Gasteiger partial charge in [-0.25, -0.2) is 4.98 Å². The lowest BCUT2D eigenvalue weighted by atomic mass is 10.2. The molecule has 0 aliphatic carbocycles. The zero-order valence-corrected chi connectivity index (χ0v) is 18.7. The second kappa shape index (κ2) is 9.97. The van der Waals surface area contributed by atoms with Gasteiger partial charge < -0.3 is 14.5 Å². The number of ether oxygens (including phenoxy) is 1. The van der Waals surface area contributed by atoms with Gasteiger partial charge in [0.2, 0.25) is 0 Å². The Morgan fingerprint density at radius 1 is 1.20 bits per heavy atom. The smallest absolute Gasteiger partial charge is 0.264 e. The molecule has 2 aromatic heterocycles. The molecule has 3 aromatic rings. The van der Waals surface area contributed by atoms with Gasteiger partial charge in [0.25, 0.3) is 11.5 Å². The minimum absolute atomic E-state index is 0.0555. The first-order valence-corrected chi connectivity index (χ1v) is 10.8. The molecule has 160 valence electrons. The first-order chi connectivity index (χ1) is 14.4. The molecule has 1 amide bonds. The summed E-state index contributed by atoms with van der Waals surface area (Å²) in [6.07, 6.45) is 0. The van der Waals surface area contributed by atoms with Crippen molar-refractivity contribution in [2.45, 2.75) is 19.5 Å². The maximum Gasteiger partial charge on any atom is 0.264 e. The number of carbonyl (C=O) groups is 1. The number of amides is 1. The van der Waals surface area contributed by atoms with Crippen LogP contribution in [0.1, 0.15) is 28.5 Å². The lowest BCUT2D eigenvalue weighted by molar-refractivity contribution is 0.0668. The number of rotatable bonds is 9. The van der Waals surface area contributed by atoms with Crippen LogP contribution in [0.3, 0.4) is 0 Å². The summed E-state index contributed by atoms with van der Waals surface area (Å²) in [5.41, 5.74) is 0.518. The van der Waals surface area contributed by atoms with Gasteiger partial charge in [0.1, 0.15) is 5.82 Å². The van der Waals surface area contributed by atoms with E-state index < -0.39 is 0 Å². The molecule has 30 heavy (non-hydrogen) atoms. The summed E-state index contributed by atoms with van der Waals surface area (Å²) in [5.74, 6) is 0.513. The maximum absolute atomic E-state index is 13.3. The van der Waals surface area contributed by atoms with Crippen molar-refractivity contribution in [3.63, 3.8) is 0 Å². The molecule has 1 aromatic carbocycles. The molecular weight excluding hydrogens is 400 g/mol. The van der Waals surface area contributed by atoms with Crippen LogP contribution in [0.25, 0.3) is 10.9 Å². The molecule has 0 saturated heterocycles. The van der Waals surface area contributed by atoms with Crippen molar-refractivity contribution in [1.29, 1.82) is 0 Å². The molecular formula is C22H28N4O3S. The summed E-state index contributed by atoms with van der Waals surface area (Å²) in [4.78, 5) is 35.8. The number of likely N-dealkylation sites (N-methyl/N-ethyl adjacent to an activating group) is 1. The molecule has 3 rings (SSSR count). The lowest BCUT2D eigenvalue weighted by Gasteiger charge is -2.31. The van der Waals surface area contributed by atoms with E-state index in [0.717, 1.165) is 0 Å². The highest BCUT2D eigenvalue weighted by Gasteiger charge is 2.27. The Morgan fingerprint density at radius 2 is 1.97 bits per heavy atom. The van der Waals surface area contributed by atoms with Crippen LogP contribution in [-0.4, -0.2) is 66.2 Å². The third-order valence-corrected chi connectivity index (χ3v) is 5.89. The molecule has 0 N–H and O–H groups in total. The van der Waals surface area contributed by atoms with Crippen molar-refractivity contribution in [3.8, 4) is 0 Å². The summed E-state index contributed by atoms with van der Waals surface area (Å²) < 4.78 is 6.86. The Morgan fingerprint density at radius 3 is 2.63 bits per heavy atom. The molecule has 0 aliphatic heterocycles. The fourth-order valence-electron chi connectivity index (χ4n) is 3.36. The van der Waals surface area contributed by atoms with Crippen LogP contribution in [-0.2, 0) is 11.3 Å². The number of thiophene rings is 1. The number of hydrogen-bond acceptors (Lipinski definition) is 6. The van der Waals surface area contributed by atoms with Gasteiger partial charge in [-0.1, -0.05) is 18.2 Å². The standard InChI is InChI=1S/C22H28N4O3S/c1-16(25(12-11-24(2)3)22(28)19-10-7-15-30-19)20-23-18-9-6-5-8-17(18)21(27)26(20)13-14-29-4/h5-10,15-16H,11-14H2,1-4H3. The number of hydrogen-bond donors (Lipinski definition) is 0. The van der Waals surface area contributed by atoms with Crippen LogP contribution in [0.15, 0.2) is 46.6 Å². The van der Waals surface area contributed by atoms with Crippen molar-refractivity contribution < 1.29 is 9.53 Å². The molecule has 0 saturated carbocycles. The van der Waals surface area contributed by atoms with Crippen LogP contribution < -0.4 is 5.56 Å². The zero-order chi connectivity index (χ0) is 21.7. The molecule has 1 unspecified atom stereocenters. The number of para-hydroxylation sites is 1. The van der Waals surface area contributed by atoms with Crippen LogP contribution >= 0.6 is 11.3 Å². The number of benzene rings is 1. The highest BCUT2D eigenvalue weighted by atomic mass is 32.1. The molecule has 0 aliphatic rings. The van der Waals surface area contributed by atoms with Crippen LogP contribution in [0.2, 0.25) is 0 Å². The Balaban J connectivity index is 2.09. The molecule has 8 heteroatoms. The predicted molar refractivity (Wildman–Crippen MR) is 120 cm³/mol. The number of methoxy groups -OCH3 is 1. The molecule has 0 bridgehead atoms. The van der Waals surface area contributed by atoms with E-state index >= 15 is 0 Å². The second-order valence-corrected chi connectivity index (χ2v) is 8.34. The fraction of sp³-hybridized carbons (Fsp3) is 0.409. The highest BCUT2D eigenvalue weighted by Crippen LogP contribution is 2.23. The Labute approximate surface area is 180 Å². The van der Waals surface area contributed by atoms with E-state index in [1.54, 1.807) is 22.6 Å². The quantitative estimate of drug-likeness (QED) is 0.524. The van der Waals surface area contributed by atoms with Gasteiger partial charge in [0, 0.05) is 20.2 Å². The van der Waals surface area contributed by atoms with E-state index in [2.05, 4.69) is 0 Å². The third-order valence-electron chi connectivity index (χ3n) is 5.03. The molecule has 2 heterocycles. The normalized spacial score (nSPS) is 12.4. The summed E-state index contributed by atoms with van der Waals surface area (Å²) >= 11 is 1.42. The van der Waals surface area contributed by atoms with Crippen LogP contribution in [0, 0.1) is 0 Å². The van der Waals surface area contributed by atoms with Crippen molar-refractivity contribution in [3.05, 3.63) is 62.8 Å². The van der Waals surface area contributed by atoms with Gasteiger partial charge in [-0.2, -0.15) is 0 Å². The second-order valence-electron chi connectivity index (χ2n) is 7.39. The van der Waals surface area contributed by atoms with Gasteiger partial charge in [-0.15, -0.1) is 11.3 Å². The van der Waals surface area contributed by atoms with Gasteiger partial charge in [-0.3, -0.25) is 14.2 Å². The fourth-order valence-corrected chi connectivity index (χ4v) is 4.04. The first kappa shape index (κ1) is 22.1. The van der Waals surface area contributed by atoms with E-state index in [0.29, 0.717) is 47.8 Å². The van der Waals surface area contributed by atoms with Crippen molar-refractivity contribution >= 4 is 28.1 Å². The van der Waals surface area contributed by atoms with E-state index in [1.165, 1.54) is 11.3 Å². The minimum Gasteiger partial charge on any atom is -0.383 e. The lowest BCUT2D eigenvalue weighted by Crippen LogP contribution is -2.41. The van der Waals surface area contributed by atoms with E-state index in [4.69, 9.17) is 9.72 Å². The molecule has 7 nitrogen and oxygen atoms in total. The Hall–Kier alpha value is -2.55. The Bertz CT molecular complexity index is 1050. The van der Waals surface area contributed by atoms with Gasteiger partial charge in [0.05, 0.1) is 35.0 Å². The predicted octanol–water partition coefficient (Wildman–Crippen LogP) is 2.87. The van der Waals surface area contributed by atoms with Crippen molar-refractivity contribution in [1.82, 2.24) is 19.4 Å². The average Bonchev–Trinajstić information content (AvgIpc) is 3.27. The summed E-state index contributed by atoms with van der Waals surface area (Å²) in [7, 11) is 5.55. The number of aromatic nitrogens is 2. The van der Waals surface area contributed by atoms with Crippen molar-refractivity contribution in [2.75, 3.05) is 40.9 Å². The Kier molecular flexibility index (Phi) is 7.36. The van der Waals surface area contributed by atoms with Crippen LogP contribution in [0.4, 0.5) is 0 Å².